The topological polar surface area (TPSA) is 114 Å². The zero-order valence-corrected chi connectivity index (χ0v) is 18.5. The van der Waals surface area contributed by atoms with Crippen molar-refractivity contribution in [2.45, 2.75) is 36.1 Å². The molecule has 0 saturated heterocycles. The molecular formula is C22H24F2N2O6S. The number of rotatable bonds is 9. The third kappa shape index (κ3) is 6.57. The average molecular weight is 483 g/mol. The number of carbonyl (C=O) groups is 1. The number of aliphatic hydroxyl groups excluding tert-OH is 1. The Hall–Kier alpha value is -2.86. The number of ether oxygens (including phenoxy) is 2. The van der Waals surface area contributed by atoms with Crippen molar-refractivity contribution in [2.24, 2.45) is 0 Å². The van der Waals surface area contributed by atoms with E-state index in [0.29, 0.717) is 0 Å². The van der Waals surface area contributed by atoms with Crippen LogP contribution in [0.2, 0.25) is 0 Å². The zero-order valence-electron chi connectivity index (χ0n) is 17.7. The summed E-state index contributed by atoms with van der Waals surface area (Å²) in [5.74, 6) is -1.77. The molecule has 8 nitrogen and oxygen atoms in total. The smallest absolute Gasteiger partial charge is 0.244 e. The fraction of sp³-hybridized carbons (Fsp3) is 0.318. The molecule has 0 spiro atoms. The fourth-order valence-electron chi connectivity index (χ4n) is 3.36. The van der Waals surface area contributed by atoms with Crippen molar-refractivity contribution in [3.05, 3.63) is 71.8 Å². The summed E-state index contributed by atoms with van der Waals surface area (Å²) >= 11 is 0. The number of methoxy groups -OCH3 is 1. The van der Waals surface area contributed by atoms with E-state index in [1.165, 1.54) is 31.4 Å². The number of carbonyl (C=O) groups excluding carboxylic acids is 1. The largest absolute Gasteiger partial charge is 0.495 e. The van der Waals surface area contributed by atoms with Gasteiger partial charge in [0.05, 0.1) is 32.3 Å². The first-order valence-electron chi connectivity index (χ1n) is 10.0. The molecule has 178 valence electrons. The van der Waals surface area contributed by atoms with Gasteiger partial charge in [-0.15, -0.1) is 0 Å². The Morgan fingerprint density at radius 1 is 1.15 bits per heavy atom. The van der Waals surface area contributed by atoms with Crippen molar-refractivity contribution in [1.82, 2.24) is 10.0 Å². The molecule has 0 aromatic heterocycles. The van der Waals surface area contributed by atoms with Crippen molar-refractivity contribution in [3.63, 3.8) is 0 Å². The zero-order chi connectivity index (χ0) is 24.0. The normalized spacial score (nSPS) is 20.4. The highest BCUT2D eigenvalue weighted by atomic mass is 32.2. The van der Waals surface area contributed by atoms with Gasteiger partial charge in [0.2, 0.25) is 15.9 Å². The Kier molecular flexibility index (Phi) is 8.14. The molecule has 0 radical (unpaired) electrons. The fourth-order valence-corrected chi connectivity index (χ4v) is 4.75. The molecule has 0 fully saturated rings. The SMILES string of the molecule is COc1ccccc1S(=O)(=O)N[C@@H]1C=C[C@H](CC(=O)NCc2cc(F)cc(F)c2)O[C@@H]1CO. The highest BCUT2D eigenvalue weighted by molar-refractivity contribution is 7.89. The molecule has 0 bridgehead atoms. The third-order valence-corrected chi connectivity index (χ3v) is 6.41. The molecule has 11 heteroatoms. The Morgan fingerprint density at radius 3 is 2.52 bits per heavy atom. The number of hydrogen-bond donors (Lipinski definition) is 3. The van der Waals surface area contributed by atoms with Crippen molar-refractivity contribution < 1.29 is 36.6 Å². The van der Waals surface area contributed by atoms with Crippen LogP contribution in [0, 0.1) is 11.6 Å². The standard InChI is InChI=1S/C22H24F2N2O6S/c1-31-19-4-2-3-5-21(19)33(29,30)26-18-7-6-17(32-20(18)13-27)11-22(28)25-12-14-8-15(23)10-16(24)9-14/h2-10,17-18,20,26-27H,11-13H2,1H3,(H,25,28)/t17-,18-,20-/m1/s1. The van der Waals surface area contributed by atoms with Gasteiger partial charge < -0.3 is 19.9 Å². The van der Waals surface area contributed by atoms with Gasteiger partial charge in [0, 0.05) is 12.6 Å². The molecular weight excluding hydrogens is 458 g/mol. The van der Waals surface area contributed by atoms with E-state index in [1.807, 2.05) is 0 Å². The number of benzene rings is 2. The van der Waals surface area contributed by atoms with Crippen LogP contribution in [0.4, 0.5) is 8.78 Å². The monoisotopic (exact) mass is 482 g/mol. The molecule has 3 atom stereocenters. The molecule has 0 aliphatic carbocycles. The highest BCUT2D eigenvalue weighted by Gasteiger charge is 2.32. The summed E-state index contributed by atoms with van der Waals surface area (Å²) in [6.07, 6.45) is 1.24. The summed E-state index contributed by atoms with van der Waals surface area (Å²) < 4.78 is 65.3. The molecule has 3 rings (SSSR count). The minimum Gasteiger partial charge on any atom is -0.495 e. The Morgan fingerprint density at radius 2 is 1.85 bits per heavy atom. The van der Waals surface area contributed by atoms with Crippen LogP contribution < -0.4 is 14.8 Å². The summed E-state index contributed by atoms with van der Waals surface area (Å²) in [5.41, 5.74) is 0.264. The molecule has 1 heterocycles. The molecule has 0 unspecified atom stereocenters. The molecule has 1 aliphatic rings. The predicted octanol–water partition coefficient (Wildman–Crippen LogP) is 1.64. The van der Waals surface area contributed by atoms with Gasteiger partial charge in [0.1, 0.15) is 28.4 Å². The highest BCUT2D eigenvalue weighted by Crippen LogP contribution is 2.24. The average Bonchev–Trinajstić information content (AvgIpc) is 2.78. The predicted molar refractivity (Wildman–Crippen MR) is 115 cm³/mol. The molecule has 33 heavy (non-hydrogen) atoms. The van der Waals surface area contributed by atoms with Gasteiger partial charge >= 0.3 is 0 Å². The van der Waals surface area contributed by atoms with Crippen LogP contribution in [-0.2, 0) is 26.1 Å². The Labute approximate surface area is 190 Å². The third-order valence-electron chi connectivity index (χ3n) is 4.91. The maximum absolute atomic E-state index is 13.3. The van der Waals surface area contributed by atoms with Crippen LogP contribution in [-0.4, -0.2) is 51.4 Å². The summed E-state index contributed by atoms with van der Waals surface area (Å²) in [4.78, 5) is 12.2. The first-order valence-corrected chi connectivity index (χ1v) is 11.5. The van der Waals surface area contributed by atoms with E-state index in [0.717, 1.165) is 18.2 Å². The van der Waals surface area contributed by atoms with Gasteiger partial charge in [0.15, 0.2) is 0 Å². The summed E-state index contributed by atoms with van der Waals surface area (Å²) in [7, 11) is -2.63. The lowest BCUT2D eigenvalue weighted by atomic mass is 10.1. The van der Waals surface area contributed by atoms with Crippen LogP contribution in [0.5, 0.6) is 5.75 Å². The van der Waals surface area contributed by atoms with Crippen molar-refractivity contribution in [1.29, 1.82) is 0 Å². The van der Waals surface area contributed by atoms with Crippen molar-refractivity contribution in [3.8, 4) is 5.75 Å². The van der Waals surface area contributed by atoms with Gasteiger partial charge in [-0.25, -0.2) is 21.9 Å². The van der Waals surface area contributed by atoms with Crippen molar-refractivity contribution in [2.75, 3.05) is 13.7 Å². The number of nitrogens with one attached hydrogen (secondary N) is 2. The first-order chi connectivity index (χ1) is 15.7. The van der Waals surface area contributed by atoms with Crippen LogP contribution in [0.1, 0.15) is 12.0 Å². The van der Waals surface area contributed by atoms with Crippen LogP contribution >= 0.6 is 0 Å². The van der Waals surface area contributed by atoms with E-state index < -0.39 is 52.4 Å². The van der Waals surface area contributed by atoms with E-state index in [2.05, 4.69) is 10.0 Å². The maximum atomic E-state index is 13.3. The van der Waals surface area contributed by atoms with E-state index >= 15 is 0 Å². The first kappa shape index (κ1) is 24.8. The molecule has 1 aliphatic heterocycles. The number of aliphatic hydroxyl groups is 1. The number of halogens is 2. The van der Waals surface area contributed by atoms with Gasteiger partial charge in [0.25, 0.3) is 0 Å². The van der Waals surface area contributed by atoms with E-state index in [-0.39, 0.29) is 29.2 Å². The van der Waals surface area contributed by atoms with Gasteiger partial charge in [-0.05, 0) is 29.8 Å². The number of para-hydroxylation sites is 1. The van der Waals surface area contributed by atoms with Gasteiger partial charge in [-0.2, -0.15) is 0 Å². The molecule has 2 aromatic rings. The van der Waals surface area contributed by atoms with Gasteiger partial charge in [-0.3, -0.25) is 4.79 Å². The summed E-state index contributed by atoms with van der Waals surface area (Å²) in [5, 5.41) is 12.2. The molecule has 3 N–H and O–H groups in total. The second kappa shape index (κ2) is 10.8. The maximum Gasteiger partial charge on any atom is 0.244 e. The lowest BCUT2D eigenvalue weighted by Gasteiger charge is -2.31. The van der Waals surface area contributed by atoms with Gasteiger partial charge in [-0.1, -0.05) is 24.3 Å². The Balaban J connectivity index is 1.61. The quantitative estimate of drug-likeness (QED) is 0.469. The number of amides is 1. The lowest BCUT2D eigenvalue weighted by Crippen LogP contribution is -2.49. The summed E-state index contributed by atoms with van der Waals surface area (Å²) in [6.45, 7) is -0.571. The number of hydrogen-bond acceptors (Lipinski definition) is 6. The van der Waals surface area contributed by atoms with Crippen molar-refractivity contribution >= 4 is 15.9 Å². The van der Waals surface area contributed by atoms with Crippen LogP contribution in [0.3, 0.4) is 0 Å². The molecule has 0 saturated carbocycles. The van der Waals surface area contributed by atoms with E-state index in [1.54, 1.807) is 12.1 Å². The number of sulfonamides is 1. The minimum absolute atomic E-state index is 0.0622. The second-order valence-electron chi connectivity index (χ2n) is 7.34. The Bertz CT molecular complexity index is 1110. The van der Waals surface area contributed by atoms with Crippen LogP contribution in [0.15, 0.2) is 59.5 Å². The molecule has 2 aromatic carbocycles. The van der Waals surface area contributed by atoms with E-state index in [9.17, 15) is 27.1 Å². The minimum atomic E-state index is -3.99. The lowest BCUT2D eigenvalue weighted by molar-refractivity contribution is -0.125. The van der Waals surface area contributed by atoms with E-state index in [4.69, 9.17) is 9.47 Å². The molecule has 1 amide bonds. The van der Waals surface area contributed by atoms with Crippen LogP contribution in [0.25, 0.3) is 0 Å². The summed E-state index contributed by atoms with van der Waals surface area (Å²) in [6, 6.07) is 8.18. The second-order valence-corrected chi connectivity index (χ2v) is 9.02.